The molecule has 1 aromatic heterocycles. The van der Waals surface area contributed by atoms with Crippen molar-refractivity contribution in [1.29, 1.82) is 0 Å². The lowest BCUT2D eigenvalue weighted by molar-refractivity contribution is 0.0785. The van der Waals surface area contributed by atoms with Crippen molar-refractivity contribution in [1.82, 2.24) is 9.88 Å². The Morgan fingerprint density at radius 2 is 1.62 bits per heavy atom. The van der Waals surface area contributed by atoms with Crippen LogP contribution in [0.4, 0.5) is 5.69 Å². The fourth-order valence-corrected chi connectivity index (χ4v) is 4.34. The number of methoxy groups -OCH3 is 2. The van der Waals surface area contributed by atoms with Gasteiger partial charge in [0.2, 0.25) is 0 Å². The first-order chi connectivity index (χ1) is 16.3. The van der Waals surface area contributed by atoms with Gasteiger partial charge in [-0.3, -0.25) is 14.5 Å². The van der Waals surface area contributed by atoms with Crippen LogP contribution in [0.2, 0.25) is 0 Å². The third kappa shape index (κ3) is 5.76. The number of rotatable bonds is 10. The van der Waals surface area contributed by atoms with Crippen molar-refractivity contribution < 1.29 is 27.4 Å². The van der Waals surface area contributed by atoms with Crippen molar-refractivity contribution in [3.8, 4) is 17.2 Å². The average molecular weight is 486 g/mol. The first-order valence-corrected chi connectivity index (χ1v) is 11.9. The van der Waals surface area contributed by atoms with E-state index in [1.165, 1.54) is 43.4 Å². The summed E-state index contributed by atoms with van der Waals surface area (Å²) in [6.45, 7) is 2.61. The van der Waals surface area contributed by atoms with Gasteiger partial charge in [0.25, 0.3) is 15.9 Å². The second-order valence-corrected chi connectivity index (χ2v) is 8.96. The van der Waals surface area contributed by atoms with Crippen molar-refractivity contribution >= 4 is 21.6 Å². The molecule has 0 fully saturated rings. The standard InChI is InChI=1S/C24H27N3O6S/c1-5-33-18-6-8-19(9-7-18)34(29,30)26-21-15-23(32-4)22(31-3)14-20(21)24(28)27(2)16-17-10-12-25-13-11-17/h6-15,26H,5,16H2,1-4H3. The summed E-state index contributed by atoms with van der Waals surface area (Å²) in [5, 5.41) is 0. The molecule has 1 N–H and O–H groups in total. The highest BCUT2D eigenvalue weighted by Crippen LogP contribution is 2.35. The number of anilines is 1. The first-order valence-electron chi connectivity index (χ1n) is 10.4. The molecule has 1 heterocycles. The van der Waals surface area contributed by atoms with E-state index >= 15 is 0 Å². The predicted octanol–water partition coefficient (Wildman–Crippen LogP) is 3.57. The van der Waals surface area contributed by atoms with Crippen LogP contribution < -0.4 is 18.9 Å². The summed E-state index contributed by atoms with van der Waals surface area (Å²) in [5.74, 6) is 0.732. The number of amides is 1. The van der Waals surface area contributed by atoms with Gasteiger partial charge in [-0.15, -0.1) is 0 Å². The van der Waals surface area contributed by atoms with E-state index in [1.54, 1.807) is 43.7 Å². The van der Waals surface area contributed by atoms with Gasteiger partial charge in [-0.1, -0.05) is 0 Å². The smallest absolute Gasteiger partial charge is 0.261 e. The molecule has 0 saturated heterocycles. The Hall–Kier alpha value is -3.79. The predicted molar refractivity (Wildman–Crippen MR) is 128 cm³/mol. The molecule has 0 bridgehead atoms. The van der Waals surface area contributed by atoms with E-state index in [0.29, 0.717) is 24.7 Å². The van der Waals surface area contributed by atoms with Crippen LogP contribution in [0.15, 0.2) is 65.8 Å². The van der Waals surface area contributed by atoms with Gasteiger partial charge >= 0.3 is 0 Å². The number of aromatic nitrogens is 1. The lowest BCUT2D eigenvalue weighted by Gasteiger charge is -2.21. The highest BCUT2D eigenvalue weighted by atomic mass is 32.2. The van der Waals surface area contributed by atoms with Crippen molar-refractivity contribution in [2.24, 2.45) is 0 Å². The van der Waals surface area contributed by atoms with Gasteiger partial charge in [-0.05, 0) is 55.0 Å². The van der Waals surface area contributed by atoms with E-state index in [2.05, 4.69) is 9.71 Å². The summed E-state index contributed by atoms with van der Waals surface area (Å²) in [6, 6.07) is 12.5. The maximum atomic E-state index is 13.3. The molecule has 34 heavy (non-hydrogen) atoms. The number of hydrogen-bond acceptors (Lipinski definition) is 7. The molecule has 2 aromatic carbocycles. The molecule has 0 aliphatic carbocycles. The van der Waals surface area contributed by atoms with Gasteiger partial charge in [-0.25, -0.2) is 8.42 Å². The van der Waals surface area contributed by atoms with Crippen LogP contribution in [0.1, 0.15) is 22.8 Å². The molecule has 0 aliphatic rings. The summed E-state index contributed by atoms with van der Waals surface area (Å²) < 4.78 is 44.8. The van der Waals surface area contributed by atoms with Crippen LogP contribution in [0.3, 0.4) is 0 Å². The van der Waals surface area contributed by atoms with E-state index in [9.17, 15) is 13.2 Å². The van der Waals surface area contributed by atoms with Gasteiger partial charge in [0.15, 0.2) is 11.5 Å². The van der Waals surface area contributed by atoms with Crippen molar-refractivity contribution in [2.45, 2.75) is 18.4 Å². The van der Waals surface area contributed by atoms with E-state index in [-0.39, 0.29) is 21.9 Å². The lowest BCUT2D eigenvalue weighted by atomic mass is 10.1. The van der Waals surface area contributed by atoms with Gasteiger partial charge in [0, 0.05) is 32.1 Å². The minimum absolute atomic E-state index is 0.0225. The molecular weight excluding hydrogens is 458 g/mol. The maximum Gasteiger partial charge on any atom is 0.261 e. The van der Waals surface area contributed by atoms with Gasteiger partial charge < -0.3 is 19.1 Å². The molecule has 0 saturated carbocycles. The number of hydrogen-bond donors (Lipinski definition) is 1. The maximum absolute atomic E-state index is 13.3. The van der Waals surface area contributed by atoms with Gasteiger partial charge in [0.1, 0.15) is 5.75 Å². The Labute approximate surface area is 199 Å². The number of pyridine rings is 1. The molecule has 9 nitrogen and oxygen atoms in total. The quantitative estimate of drug-likeness (QED) is 0.468. The van der Waals surface area contributed by atoms with Crippen LogP contribution in [0.5, 0.6) is 17.2 Å². The third-order valence-electron chi connectivity index (χ3n) is 4.96. The number of nitrogens with one attached hydrogen (secondary N) is 1. The largest absolute Gasteiger partial charge is 0.494 e. The van der Waals surface area contributed by atoms with Crippen LogP contribution >= 0.6 is 0 Å². The molecule has 0 aliphatic heterocycles. The molecule has 0 radical (unpaired) electrons. The summed E-state index contributed by atoms with van der Waals surface area (Å²) in [6.07, 6.45) is 3.28. The molecule has 10 heteroatoms. The Bertz CT molecular complexity index is 1230. The Balaban J connectivity index is 1.97. The zero-order valence-electron chi connectivity index (χ0n) is 19.4. The summed E-state index contributed by atoms with van der Waals surface area (Å²) >= 11 is 0. The zero-order valence-corrected chi connectivity index (χ0v) is 20.3. The van der Waals surface area contributed by atoms with E-state index in [4.69, 9.17) is 14.2 Å². The van der Waals surface area contributed by atoms with E-state index in [1.807, 2.05) is 6.92 Å². The molecule has 0 atom stereocenters. The number of nitrogens with zero attached hydrogens (tertiary/aromatic N) is 2. The van der Waals surface area contributed by atoms with Crippen molar-refractivity contribution in [3.05, 3.63) is 72.1 Å². The zero-order chi connectivity index (χ0) is 24.7. The molecule has 3 rings (SSSR count). The second kappa shape index (κ2) is 10.9. The Kier molecular flexibility index (Phi) is 7.95. The lowest BCUT2D eigenvalue weighted by Crippen LogP contribution is -2.27. The summed E-state index contributed by atoms with van der Waals surface area (Å²) in [7, 11) is 0.489. The Morgan fingerprint density at radius 3 is 2.21 bits per heavy atom. The van der Waals surface area contributed by atoms with Crippen LogP contribution in [-0.2, 0) is 16.6 Å². The molecule has 0 unspecified atom stereocenters. The Morgan fingerprint density at radius 1 is 1.00 bits per heavy atom. The number of benzene rings is 2. The van der Waals surface area contributed by atoms with Gasteiger partial charge in [-0.2, -0.15) is 0 Å². The fourth-order valence-electron chi connectivity index (χ4n) is 3.27. The van der Waals surface area contributed by atoms with Gasteiger partial charge in [0.05, 0.1) is 37.0 Å². The van der Waals surface area contributed by atoms with Crippen LogP contribution in [-0.4, -0.2) is 52.1 Å². The highest BCUT2D eigenvalue weighted by Gasteiger charge is 2.24. The molecule has 3 aromatic rings. The molecule has 1 amide bonds. The molecular formula is C24H27N3O6S. The number of carbonyl (C=O) groups excluding carboxylic acids is 1. The SMILES string of the molecule is CCOc1ccc(S(=O)(=O)Nc2cc(OC)c(OC)cc2C(=O)N(C)Cc2ccncc2)cc1. The van der Waals surface area contributed by atoms with E-state index in [0.717, 1.165) is 5.56 Å². The second-order valence-electron chi connectivity index (χ2n) is 7.28. The monoisotopic (exact) mass is 485 g/mol. The topological polar surface area (TPSA) is 107 Å². The normalized spacial score (nSPS) is 10.9. The minimum atomic E-state index is -4.01. The van der Waals surface area contributed by atoms with Crippen LogP contribution in [0.25, 0.3) is 0 Å². The van der Waals surface area contributed by atoms with Crippen molar-refractivity contribution in [3.63, 3.8) is 0 Å². The minimum Gasteiger partial charge on any atom is -0.494 e. The highest BCUT2D eigenvalue weighted by molar-refractivity contribution is 7.92. The number of sulfonamides is 1. The summed E-state index contributed by atoms with van der Waals surface area (Å²) in [5.41, 5.74) is 1.06. The first kappa shape index (κ1) is 24.8. The molecule has 180 valence electrons. The number of carbonyl (C=O) groups is 1. The van der Waals surface area contributed by atoms with Crippen molar-refractivity contribution in [2.75, 3.05) is 32.6 Å². The summed E-state index contributed by atoms with van der Waals surface area (Å²) in [4.78, 5) is 18.8. The van der Waals surface area contributed by atoms with Crippen LogP contribution in [0, 0.1) is 0 Å². The van der Waals surface area contributed by atoms with E-state index < -0.39 is 15.9 Å². The fraction of sp³-hybridized carbons (Fsp3) is 0.250. The third-order valence-corrected chi connectivity index (χ3v) is 6.34. The average Bonchev–Trinajstić information content (AvgIpc) is 2.84. The number of ether oxygens (including phenoxy) is 3. The molecule has 0 spiro atoms.